The smallest absolute Gasteiger partial charge is 0.356 e. The van der Waals surface area contributed by atoms with Crippen LogP contribution in [0.5, 0.6) is 0 Å². The predicted octanol–water partition coefficient (Wildman–Crippen LogP) is 4.49. The SMILES string of the molecule is O=C(Nc1ccc(F)cc1)NC1CCN(c2cc(C(F)(F)F)nc(-c3ccncc3)n2)CC1. The molecule has 4 rings (SSSR count). The van der Waals surface area contributed by atoms with E-state index in [2.05, 4.69) is 25.6 Å². The topological polar surface area (TPSA) is 83.0 Å². The molecule has 3 heterocycles. The lowest BCUT2D eigenvalue weighted by molar-refractivity contribution is -0.141. The summed E-state index contributed by atoms with van der Waals surface area (Å²) in [6, 6.07) is 8.84. The van der Waals surface area contributed by atoms with Gasteiger partial charge in [-0.25, -0.2) is 19.2 Å². The summed E-state index contributed by atoms with van der Waals surface area (Å²) in [6.07, 6.45) is -0.642. The lowest BCUT2D eigenvalue weighted by atomic mass is 10.1. The second-order valence-corrected chi connectivity index (χ2v) is 7.54. The second-order valence-electron chi connectivity index (χ2n) is 7.54. The minimum atomic E-state index is -4.61. The van der Waals surface area contributed by atoms with E-state index < -0.39 is 23.7 Å². The molecule has 3 aromatic rings. The van der Waals surface area contributed by atoms with Gasteiger partial charge in [0.1, 0.15) is 11.6 Å². The van der Waals surface area contributed by atoms with Gasteiger partial charge in [-0.2, -0.15) is 13.2 Å². The molecule has 0 unspecified atom stereocenters. The zero-order valence-electron chi connectivity index (χ0n) is 17.3. The monoisotopic (exact) mass is 460 g/mol. The van der Waals surface area contributed by atoms with Crippen LogP contribution in [0.3, 0.4) is 0 Å². The molecule has 0 bridgehead atoms. The van der Waals surface area contributed by atoms with Crippen LogP contribution in [-0.2, 0) is 6.18 Å². The average Bonchev–Trinajstić information content (AvgIpc) is 2.81. The normalized spacial score (nSPS) is 14.7. The van der Waals surface area contributed by atoms with Gasteiger partial charge in [-0.15, -0.1) is 0 Å². The van der Waals surface area contributed by atoms with Crippen molar-refractivity contribution in [3.05, 3.63) is 66.4 Å². The molecule has 0 atom stereocenters. The number of alkyl halides is 3. The van der Waals surface area contributed by atoms with Crippen LogP contribution >= 0.6 is 0 Å². The fraction of sp³-hybridized carbons (Fsp3) is 0.273. The van der Waals surface area contributed by atoms with Gasteiger partial charge in [0.2, 0.25) is 0 Å². The van der Waals surface area contributed by atoms with E-state index in [1.54, 1.807) is 17.0 Å². The summed E-state index contributed by atoms with van der Waals surface area (Å²) in [5, 5.41) is 5.46. The Hall–Kier alpha value is -3.76. The van der Waals surface area contributed by atoms with Crippen LogP contribution in [0.15, 0.2) is 54.9 Å². The Morgan fingerprint density at radius 2 is 1.67 bits per heavy atom. The fourth-order valence-electron chi connectivity index (χ4n) is 3.51. The number of amides is 2. The zero-order chi connectivity index (χ0) is 23.4. The third-order valence-electron chi connectivity index (χ3n) is 5.20. The van der Waals surface area contributed by atoms with Crippen molar-refractivity contribution in [3.63, 3.8) is 0 Å². The molecule has 7 nitrogen and oxygen atoms in total. The van der Waals surface area contributed by atoms with Gasteiger partial charge >= 0.3 is 12.2 Å². The van der Waals surface area contributed by atoms with Crippen LogP contribution in [0, 0.1) is 5.82 Å². The van der Waals surface area contributed by atoms with Gasteiger partial charge in [0.25, 0.3) is 0 Å². The van der Waals surface area contributed by atoms with Crippen molar-refractivity contribution in [2.24, 2.45) is 0 Å². The maximum atomic E-state index is 13.4. The third kappa shape index (κ3) is 5.73. The Morgan fingerprint density at radius 3 is 2.30 bits per heavy atom. The number of hydrogen-bond donors (Lipinski definition) is 2. The fourth-order valence-corrected chi connectivity index (χ4v) is 3.51. The summed E-state index contributed by atoms with van der Waals surface area (Å²) in [6.45, 7) is 0.817. The molecular weight excluding hydrogens is 440 g/mol. The van der Waals surface area contributed by atoms with Crippen LogP contribution in [0.25, 0.3) is 11.4 Å². The molecule has 1 fully saturated rings. The molecular formula is C22H20F4N6O. The molecule has 1 aliphatic rings. The molecule has 33 heavy (non-hydrogen) atoms. The van der Waals surface area contributed by atoms with Crippen molar-refractivity contribution >= 4 is 17.5 Å². The first-order valence-corrected chi connectivity index (χ1v) is 10.2. The Morgan fingerprint density at radius 1 is 1.00 bits per heavy atom. The summed E-state index contributed by atoms with van der Waals surface area (Å²) >= 11 is 0. The molecule has 11 heteroatoms. The number of hydrogen-bond acceptors (Lipinski definition) is 5. The highest BCUT2D eigenvalue weighted by Gasteiger charge is 2.35. The highest BCUT2D eigenvalue weighted by atomic mass is 19.4. The molecule has 1 aromatic carbocycles. The Kier molecular flexibility index (Phi) is 6.38. The quantitative estimate of drug-likeness (QED) is 0.561. The number of nitrogens with one attached hydrogen (secondary N) is 2. The standard InChI is InChI=1S/C22H20F4N6O/c23-15-1-3-16(4-2-15)28-21(33)29-17-7-11-32(12-8-17)19-13-18(22(24,25)26)30-20(31-19)14-5-9-27-10-6-14/h1-6,9-10,13,17H,7-8,11-12H2,(H2,28,29,33). The number of aromatic nitrogens is 3. The summed E-state index contributed by atoms with van der Waals surface area (Å²) in [5.41, 5.74) is -0.125. The van der Waals surface area contributed by atoms with Gasteiger partial charge in [0, 0.05) is 48.8 Å². The lowest BCUT2D eigenvalue weighted by Crippen LogP contribution is -2.46. The molecule has 0 saturated carbocycles. The van der Waals surface area contributed by atoms with Gasteiger partial charge in [0.05, 0.1) is 0 Å². The largest absolute Gasteiger partial charge is 0.433 e. The van der Waals surface area contributed by atoms with E-state index in [0.717, 1.165) is 6.07 Å². The Balaban J connectivity index is 1.42. The second kappa shape index (κ2) is 9.39. The minimum absolute atomic E-state index is 0.0267. The average molecular weight is 460 g/mol. The number of piperidine rings is 1. The summed E-state index contributed by atoms with van der Waals surface area (Å²) in [7, 11) is 0. The van der Waals surface area contributed by atoms with E-state index in [-0.39, 0.29) is 17.7 Å². The van der Waals surface area contributed by atoms with Gasteiger partial charge in [-0.3, -0.25) is 4.98 Å². The number of rotatable bonds is 4. The first-order valence-electron chi connectivity index (χ1n) is 10.2. The van der Waals surface area contributed by atoms with E-state index in [1.165, 1.54) is 36.7 Å². The minimum Gasteiger partial charge on any atom is -0.356 e. The number of urea groups is 1. The van der Waals surface area contributed by atoms with Crippen LogP contribution in [0.1, 0.15) is 18.5 Å². The van der Waals surface area contributed by atoms with Crippen molar-refractivity contribution in [3.8, 4) is 11.4 Å². The van der Waals surface area contributed by atoms with Crippen molar-refractivity contribution in [1.29, 1.82) is 0 Å². The molecule has 0 radical (unpaired) electrons. The highest BCUT2D eigenvalue weighted by molar-refractivity contribution is 5.89. The molecule has 2 N–H and O–H groups in total. The number of pyridine rings is 1. The first kappa shape index (κ1) is 22.4. The van der Waals surface area contributed by atoms with E-state index in [4.69, 9.17) is 0 Å². The van der Waals surface area contributed by atoms with E-state index in [9.17, 15) is 22.4 Å². The van der Waals surface area contributed by atoms with Crippen molar-refractivity contribution in [2.75, 3.05) is 23.3 Å². The van der Waals surface area contributed by atoms with Crippen molar-refractivity contribution < 1.29 is 22.4 Å². The molecule has 172 valence electrons. The van der Waals surface area contributed by atoms with Crippen molar-refractivity contribution in [1.82, 2.24) is 20.3 Å². The number of carbonyl (C=O) groups is 1. The van der Waals surface area contributed by atoms with Crippen LogP contribution < -0.4 is 15.5 Å². The maximum Gasteiger partial charge on any atom is 0.433 e. The molecule has 0 spiro atoms. The summed E-state index contributed by atoms with van der Waals surface area (Å²) in [5.74, 6) is -0.252. The van der Waals surface area contributed by atoms with Crippen LogP contribution in [-0.4, -0.2) is 40.1 Å². The number of benzene rings is 1. The summed E-state index contributed by atoms with van der Waals surface area (Å²) in [4.78, 5) is 25.8. The Bertz CT molecular complexity index is 1100. The van der Waals surface area contributed by atoms with Gasteiger partial charge in [-0.1, -0.05) is 0 Å². The maximum absolute atomic E-state index is 13.4. The lowest BCUT2D eigenvalue weighted by Gasteiger charge is -2.33. The van der Waals surface area contributed by atoms with Gasteiger partial charge in [0.15, 0.2) is 11.5 Å². The Labute approximate surface area is 186 Å². The number of nitrogens with zero attached hydrogens (tertiary/aromatic N) is 4. The number of anilines is 2. The molecule has 1 aliphatic heterocycles. The van der Waals surface area contributed by atoms with Crippen LogP contribution in [0.4, 0.5) is 33.9 Å². The van der Waals surface area contributed by atoms with Gasteiger partial charge in [-0.05, 0) is 49.2 Å². The molecule has 2 amide bonds. The highest BCUT2D eigenvalue weighted by Crippen LogP contribution is 2.32. The number of halogens is 4. The zero-order valence-corrected chi connectivity index (χ0v) is 17.3. The molecule has 1 saturated heterocycles. The van der Waals surface area contributed by atoms with Crippen LogP contribution in [0.2, 0.25) is 0 Å². The van der Waals surface area contributed by atoms with Crippen molar-refractivity contribution in [2.45, 2.75) is 25.1 Å². The number of carbonyl (C=O) groups excluding carboxylic acids is 1. The van der Waals surface area contributed by atoms with E-state index in [0.29, 0.717) is 37.2 Å². The first-order chi connectivity index (χ1) is 15.8. The summed E-state index contributed by atoms with van der Waals surface area (Å²) < 4.78 is 53.3. The van der Waals surface area contributed by atoms with E-state index in [1.807, 2.05) is 0 Å². The predicted molar refractivity (Wildman–Crippen MR) is 114 cm³/mol. The van der Waals surface area contributed by atoms with E-state index >= 15 is 0 Å². The molecule has 2 aromatic heterocycles. The molecule has 0 aliphatic carbocycles. The third-order valence-corrected chi connectivity index (χ3v) is 5.20. The van der Waals surface area contributed by atoms with Gasteiger partial charge < -0.3 is 15.5 Å².